The summed E-state index contributed by atoms with van der Waals surface area (Å²) in [5.74, 6) is 1.89. The smallest absolute Gasteiger partial charge is 0.249 e. The Morgan fingerprint density at radius 3 is 2.96 bits per heavy atom. The van der Waals surface area contributed by atoms with Crippen LogP contribution in [0.25, 0.3) is 0 Å². The van der Waals surface area contributed by atoms with Crippen molar-refractivity contribution in [3.63, 3.8) is 0 Å². The van der Waals surface area contributed by atoms with Crippen LogP contribution in [0, 0.1) is 11.8 Å². The number of carbonyl (C=O) groups excluding carboxylic acids is 1. The van der Waals surface area contributed by atoms with E-state index in [2.05, 4.69) is 29.2 Å². The van der Waals surface area contributed by atoms with Crippen molar-refractivity contribution in [1.29, 1.82) is 0 Å². The first-order valence-corrected chi connectivity index (χ1v) is 11.0. The second kappa shape index (κ2) is 8.38. The molecular formula is C20H31N3O2S. The van der Waals surface area contributed by atoms with Gasteiger partial charge in [-0.1, -0.05) is 25.3 Å². The highest BCUT2D eigenvalue weighted by molar-refractivity contribution is 7.09. The summed E-state index contributed by atoms with van der Waals surface area (Å²) >= 11 is 1.71. The Kier molecular flexibility index (Phi) is 5.93. The lowest BCUT2D eigenvalue weighted by molar-refractivity contribution is -0.142. The SMILES string of the molecule is CC1NNCC1N(Cc1cccs1)C(=O)COC1CCC2CCCC2C1. The van der Waals surface area contributed by atoms with Gasteiger partial charge in [0.1, 0.15) is 6.61 Å². The van der Waals surface area contributed by atoms with Crippen molar-refractivity contribution in [2.24, 2.45) is 11.8 Å². The topological polar surface area (TPSA) is 53.6 Å². The van der Waals surface area contributed by atoms with Crippen molar-refractivity contribution in [1.82, 2.24) is 15.8 Å². The summed E-state index contributed by atoms with van der Waals surface area (Å²) in [6, 6.07) is 4.56. The molecule has 2 heterocycles. The van der Waals surface area contributed by atoms with Gasteiger partial charge in [-0.05, 0) is 49.5 Å². The van der Waals surface area contributed by atoms with Gasteiger partial charge < -0.3 is 9.64 Å². The van der Waals surface area contributed by atoms with Gasteiger partial charge in [-0.2, -0.15) is 0 Å². The van der Waals surface area contributed by atoms with E-state index in [0.717, 1.165) is 31.2 Å². The summed E-state index contributed by atoms with van der Waals surface area (Å²) < 4.78 is 6.12. The normalized spacial score (nSPS) is 34.0. The number of hydrogen-bond donors (Lipinski definition) is 2. The third-order valence-corrected chi connectivity index (χ3v) is 7.39. The van der Waals surface area contributed by atoms with Gasteiger partial charge in [-0.15, -0.1) is 11.3 Å². The first-order valence-electron chi connectivity index (χ1n) is 10.1. The molecule has 2 aliphatic carbocycles. The van der Waals surface area contributed by atoms with Gasteiger partial charge in [0.2, 0.25) is 5.91 Å². The van der Waals surface area contributed by atoms with Gasteiger partial charge in [0.05, 0.1) is 18.7 Å². The third-order valence-electron chi connectivity index (χ3n) is 6.53. The summed E-state index contributed by atoms with van der Waals surface area (Å²) in [5.41, 5.74) is 6.42. The van der Waals surface area contributed by atoms with E-state index in [1.54, 1.807) is 11.3 Å². The third kappa shape index (κ3) is 4.14. The summed E-state index contributed by atoms with van der Waals surface area (Å²) in [5, 5.41) is 2.07. The van der Waals surface area contributed by atoms with Gasteiger partial charge in [0.15, 0.2) is 0 Å². The number of hydrogen-bond acceptors (Lipinski definition) is 5. The molecule has 3 fully saturated rings. The minimum absolute atomic E-state index is 0.120. The average Bonchev–Trinajstić information content (AvgIpc) is 3.39. The van der Waals surface area contributed by atoms with E-state index >= 15 is 0 Å². The molecule has 0 aromatic carbocycles. The van der Waals surface area contributed by atoms with Gasteiger partial charge in [-0.25, -0.2) is 0 Å². The Morgan fingerprint density at radius 1 is 1.31 bits per heavy atom. The Labute approximate surface area is 160 Å². The van der Waals surface area contributed by atoms with Crippen molar-refractivity contribution >= 4 is 17.2 Å². The molecule has 1 aromatic heterocycles. The number of hydrazine groups is 1. The van der Waals surface area contributed by atoms with Crippen molar-refractivity contribution in [3.05, 3.63) is 22.4 Å². The molecule has 1 aromatic rings. The van der Waals surface area contributed by atoms with Crippen molar-refractivity contribution in [2.75, 3.05) is 13.2 Å². The Morgan fingerprint density at radius 2 is 2.19 bits per heavy atom. The van der Waals surface area contributed by atoms with Crippen molar-refractivity contribution in [3.8, 4) is 0 Å². The highest BCUT2D eigenvalue weighted by atomic mass is 32.1. The van der Waals surface area contributed by atoms with Crippen LogP contribution in [0.4, 0.5) is 0 Å². The molecule has 0 bridgehead atoms. The lowest BCUT2D eigenvalue weighted by Crippen LogP contribution is -2.48. The maximum absolute atomic E-state index is 13.0. The van der Waals surface area contributed by atoms with E-state index in [0.29, 0.717) is 6.54 Å². The quantitative estimate of drug-likeness (QED) is 0.800. The molecule has 1 aliphatic heterocycles. The van der Waals surface area contributed by atoms with Crippen LogP contribution in [0.1, 0.15) is 50.3 Å². The second-order valence-electron chi connectivity index (χ2n) is 8.18. The summed E-state index contributed by atoms with van der Waals surface area (Å²) in [6.07, 6.45) is 8.00. The molecule has 1 saturated heterocycles. The summed E-state index contributed by atoms with van der Waals surface area (Å²) in [4.78, 5) is 16.3. The fraction of sp³-hybridized carbons (Fsp3) is 0.750. The molecule has 0 radical (unpaired) electrons. The minimum atomic E-state index is 0.120. The van der Waals surface area contributed by atoms with E-state index < -0.39 is 0 Å². The molecule has 5 nitrogen and oxygen atoms in total. The van der Waals surface area contributed by atoms with Crippen LogP contribution in [0.2, 0.25) is 0 Å². The van der Waals surface area contributed by atoms with Gasteiger partial charge in [-0.3, -0.25) is 15.6 Å². The van der Waals surface area contributed by atoms with E-state index in [9.17, 15) is 4.79 Å². The fourth-order valence-electron chi connectivity index (χ4n) is 5.02. The molecule has 0 spiro atoms. The van der Waals surface area contributed by atoms with Crippen molar-refractivity contribution in [2.45, 2.75) is 70.2 Å². The first-order chi connectivity index (χ1) is 12.7. The van der Waals surface area contributed by atoms with Crippen LogP contribution in [0.5, 0.6) is 0 Å². The van der Waals surface area contributed by atoms with Crippen molar-refractivity contribution < 1.29 is 9.53 Å². The average molecular weight is 378 g/mol. The second-order valence-corrected chi connectivity index (χ2v) is 9.21. The van der Waals surface area contributed by atoms with E-state index in [-0.39, 0.29) is 30.7 Å². The maximum atomic E-state index is 13.0. The van der Waals surface area contributed by atoms with E-state index in [1.165, 1.54) is 30.6 Å². The number of ether oxygens (including phenoxy) is 1. The van der Waals surface area contributed by atoms with Gasteiger partial charge in [0.25, 0.3) is 0 Å². The molecule has 5 atom stereocenters. The zero-order valence-electron chi connectivity index (χ0n) is 15.7. The van der Waals surface area contributed by atoms with Gasteiger partial charge >= 0.3 is 0 Å². The van der Waals surface area contributed by atoms with Crippen LogP contribution >= 0.6 is 11.3 Å². The first kappa shape index (κ1) is 18.4. The molecule has 2 saturated carbocycles. The number of nitrogens with zero attached hydrogens (tertiary/aromatic N) is 1. The molecule has 6 heteroatoms. The molecule has 1 amide bonds. The summed E-state index contributed by atoms with van der Waals surface area (Å²) in [7, 11) is 0. The minimum Gasteiger partial charge on any atom is -0.368 e. The Balaban J connectivity index is 1.34. The van der Waals surface area contributed by atoms with E-state index in [4.69, 9.17) is 4.74 Å². The monoisotopic (exact) mass is 377 g/mol. The van der Waals surface area contributed by atoms with Crippen LogP contribution in [0.3, 0.4) is 0 Å². The molecular weight excluding hydrogens is 346 g/mol. The predicted octanol–water partition coefficient (Wildman–Crippen LogP) is 2.93. The molecule has 144 valence electrons. The fourth-order valence-corrected chi connectivity index (χ4v) is 5.72. The van der Waals surface area contributed by atoms with Crippen LogP contribution in [0.15, 0.2) is 17.5 Å². The highest BCUT2D eigenvalue weighted by Gasteiger charge is 2.36. The summed E-state index contributed by atoms with van der Waals surface area (Å²) in [6.45, 7) is 3.80. The number of rotatable bonds is 6. The standard InChI is InChI=1S/C20H31N3O2S/c1-14-19(11-21-22-14)23(12-18-6-3-9-26-18)20(24)13-25-17-8-7-15-4-2-5-16(15)10-17/h3,6,9,14-17,19,21-22H,2,4-5,7-8,10-13H2,1H3. The number of thiophene rings is 1. The van der Waals surface area contributed by atoms with E-state index in [1.807, 2.05) is 11.0 Å². The van der Waals surface area contributed by atoms with Gasteiger partial charge in [0, 0.05) is 17.5 Å². The molecule has 4 rings (SSSR count). The zero-order valence-corrected chi connectivity index (χ0v) is 16.5. The molecule has 26 heavy (non-hydrogen) atoms. The lowest BCUT2D eigenvalue weighted by Gasteiger charge is -2.33. The number of amides is 1. The number of carbonyl (C=O) groups is 1. The van der Waals surface area contributed by atoms with Crippen LogP contribution in [-0.4, -0.2) is 42.1 Å². The Bertz CT molecular complexity index is 594. The Hall–Kier alpha value is -0.950. The van der Waals surface area contributed by atoms with Crippen LogP contribution < -0.4 is 10.9 Å². The molecule has 5 unspecified atom stereocenters. The maximum Gasteiger partial charge on any atom is 0.249 e. The largest absolute Gasteiger partial charge is 0.368 e. The number of fused-ring (bicyclic) bond motifs is 1. The highest BCUT2D eigenvalue weighted by Crippen LogP contribution is 2.42. The zero-order chi connectivity index (χ0) is 17.9. The molecule has 2 N–H and O–H groups in total. The number of nitrogens with one attached hydrogen (secondary N) is 2. The van der Waals surface area contributed by atoms with Crippen LogP contribution in [-0.2, 0) is 16.1 Å². The lowest BCUT2D eigenvalue weighted by atomic mass is 9.80. The molecule has 3 aliphatic rings. The predicted molar refractivity (Wildman–Crippen MR) is 104 cm³/mol.